The highest BCUT2D eigenvalue weighted by Crippen LogP contribution is 2.24. The third-order valence-corrected chi connectivity index (χ3v) is 5.09. The molecule has 0 amide bonds. The highest BCUT2D eigenvalue weighted by atomic mass is 32.2. The van der Waals surface area contributed by atoms with E-state index in [0.717, 1.165) is 0 Å². The number of carbonyl (C=O) groups is 1. The molecule has 0 aliphatic rings. The predicted molar refractivity (Wildman–Crippen MR) is 94.8 cm³/mol. The Hall–Kier alpha value is -3.01. The Labute approximate surface area is 153 Å². The Balaban J connectivity index is 2.03. The van der Waals surface area contributed by atoms with E-state index in [4.69, 9.17) is 0 Å². The van der Waals surface area contributed by atoms with E-state index in [-0.39, 0.29) is 11.4 Å². The summed E-state index contributed by atoms with van der Waals surface area (Å²) in [5.41, 5.74) is -0.652. The first-order valence-electron chi connectivity index (χ1n) is 7.91. The number of nitrogens with one attached hydrogen (secondary N) is 1. The Morgan fingerprint density at radius 3 is 2.48 bits per heavy atom. The second-order valence-electron chi connectivity index (χ2n) is 5.68. The van der Waals surface area contributed by atoms with E-state index in [9.17, 15) is 22.0 Å². The van der Waals surface area contributed by atoms with E-state index in [1.807, 2.05) is 4.72 Å². The van der Waals surface area contributed by atoms with Crippen LogP contribution in [0.2, 0.25) is 0 Å². The first-order valence-corrected chi connectivity index (χ1v) is 9.57. The van der Waals surface area contributed by atoms with E-state index in [2.05, 4.69) is 15.0 Å². The highest BCUT2D eigenvalue weighted by Gasteiger charge is 2.22. The van der Waals surface area contributed by atoms with Crippen molar-refractivity contribution in [3.63, 3.8) is 0 Å². The van der Waals surface area contributed by atoms with Crippen molar-refractivity contribution < 1.29 is 22.0 Å². The number of sulfonamides is 1. The Bertz CT molecular complexity index is 1140. The third kappa shape index (κ3) is 4.05. The molecule has 0 aliphatic heterocycles. The van der Waals surface area contributed by atoms with Crippen LogP contribution >= 0.6 is 0 Å². The monoisotopic (exact) mass is 392 g/mol. The number of pyridine rings is 1. The van der Waals surface area contributed by atoms with Crippen molar-refractivity contribution in [3.05, 3.63) is 59.7 Å². The standard InChI is InChI=1S/C17H14F2N4O3S/c1-2-5-27(25,26)23-13-7-10(18)6-11(16(13)19)17(24)14-8-12-15(9-22-14)21-4-3-20-12/h3-4,6-9,23H,2,5H2,1H3. The summed E-state index contributed by atoms with van der Waals surface area (Å²) in [6.45, 7) is 1.63. The summed E-state index contributed by atoms with van der Waals surface area (Å²) in [5, 5.41) is 0. The number of benzene rings is 1. The average molecular weight is 392 g/mol. The zero-order valence-corrected chi connectivity index (χ0v) is 14.9. The molecule has 0 saturated carbocycles. The van der Waals surface area contributed by atoms with Crippen molar-refractivity contribution in [2.45, 2.75) is 13.3 Å². The number of anilines is 1. The van der Waals surface area contributed by atoms with Gasteiger partial charge in [0.05, 0.1) is 28.7 Å². The van der Waals surface area contributed by atoms with E-state index >= 15 is 0 Å². The molecule has 0 spiro atoms. The number of aromatic nitrogens is 3. The number of ketones is 1. The first kappa shape index (κ1) is 18.8. The molecule has 0 bridgehead atoms. The summed E-state index contributed by atoms with van der Waals surface area (Å²) in [5.74, 6) is -3.32. The fourth-order valence-corrected chi connectivity index (χ4v) is 3.57. The molecule has 3 rings (SSSR count). The quantitative estimate of drug-likeness (QED) is 0.647. The topological polar surface area (TPSA) is 102 Å². The molecule has 0 atom stereocenters. The molecule has 1 N–H and O–H groups in total. The lowest BCUT2D eigenvalue weighted by atomic mass is 10.1. The zero-order valence-electron chi connectivity index (χ0n) is 14.1. The minimum absolute atomic E-state index is 0.171. The van der Waals surface area contributed by atoms with Crippen LogP contribution in [0.25, 0.3) is 11.0 Å². The molecule has 0 aliphatic carbocycles. The lowest BCUT2D eigenvalue weighted by molar-refractivity contribution is 0.103. The van der Waals surface area contributed by atoms with E-state index in [1.165, 1.54) is 24.7 Å². The van der Waals surface area contributed by atoms with Crippen LogP contribution in [-0.4, -0.2) is 34.9 Å². The average Bonchev–Trinajstić information content (AvgIpc) is 2.63. The van der Waals surface area contributed by atoms with E-state index in [0.29, 0.717) is 29.6 Å². The van der Waals surface area contributed by atoms with Gasteiger partial charge in [-0.05, 0) is 18.6 Å². The molecular formula is C17H14F2N4O3S. The zero-order chi connectivity index (χ0) is 19.6. The molecule has 10 heteroatoms. The molecule has 3 aromatic rings. The third-order valence-electron chi connectivity index (χ3n) is 3.61. The summed E-state index contributed by atoms with van der Waals surface area (Å²) in [4.78, 5) is 24.6. The maximum absolute atomic E-state index is 14.7. The number of rotatable bonds is 6. The van der Waals surface area contributed by atoms with E-state index < -0.39 is 38.7 Å². The number of hydrogen-bond donors (Lipinski definition) is 1. The van der Waals surface area contributed by atoms with Gasteiger partial charge in [0.15, 0.2) is 5.82 Å². The molecule has 0 radical (unpaired) electrons. The minimum atomic E-state index is -3.86. The lowest BCUT2D eigenvalue weighted by Gasteiger charge is -2.11. The van der Waals surface area contributed by atoms with Crippen LogP contribution in [-0.2, 0) is 10.0 Å². The lowest BCUT2D eigenvalue weighted by Crippen LogP contribution is -2.18. The fraction of sp³-hybridized carbons (Fsp3) is 0.176. The second-order valence-corrected chi connectivity index (χ2v) is 7.52. The number of carbonyl (C=O) groups excluding carboxylic acids is 1. The molecule has 1 aromatic carbocycles. The summed E-state index contributed by atoms with van der Waals surface area (Å²) < 4.78 is 54.3. The molecule has 0 fully saturated rings. The van der Waals surface area contributed by atoms with Crippen molar-refractivity contribution in [3.8, 4) is 0 Å². The van der Waals surface area contributed by atoms with Crippen LogP contribution in [0.4, 0.5) is 14.5 Å². The number of fused-ring (bicyclic) bond motifs is 1. The van der Waals surface area contributed by atoms with Crippen LogP contribution in [0, 0.1) is 11.6 Å². The van der Waals surface area contributed by atoms with Crippen LogP contribution in [0.3, 0.4) is 0 Å². The van der Waals surface area contributed by atoms with Crippen molar-refractivity contribution in [2.75, 3.05) is 10.5 Å². The number of hydrogen-bond acceptors (Lipinski definition) is 6. The van der Waals surface area contributed by atoms with Gasteiger partial charge < -0.3 is 0 Å². The fourth-order valence-electron chi connectivity index (χ4n) is 2.45. The molecule has 0 unspecified atom stereocenters. The summed E-state index contributed by atoms with van der Waals surface area (Å²) >= 11 is 0. The Morgan fingerprint density at radius 2 is 1.78 bits per heavy atom. The van der Waals surface area contributed by atoms with Gasteiger partial charge in [-0.2, -0.15) is 0 Å². The van der Waals surface area contributed by atoms with Gasteiger partial charge in [0, 0.05) is 18.5 Å². The van der Waals surface area contributed by atoms with Gasteiger partial charge in [0.25, 0.3) is 0 Å². The van der Waals surface area contributed by atoms with Crippen molar-refractivity contribution in [1.82, 2.24) is 15.0 Å². The van der Waals surface area contributed by atoms with Crippen LogP contribution in [0.1, 0.15) is 29.4 Å². The first-order chi connectivity index (χ1) is 12.8. The van der Waals surface area contributed by atoms with Crippen molar-refractivity contribution in [1.29, 1.82) is 0 Å². The van der Waals surface area contributed by atoms with Crippen molar-refractivity contribution >= 4 is 32.5 Å². The van der Waals surface area contributed by atoms with Gasteiger partial charge in [-0.15, -0.1) is 0 Å². The maximum Gasteiger partial charge on any atom is 0.232 e. The largest absolute Gasteiger partial charge is 0.287 e. The van der Waals surface area contributed by atoms with E-state index in [1.54, 1.807) is 6.92 Å². The van der Waals surface area contributed by atoms with Gasteiger partial charge >= 0.3 is 0 Å². The number of halogens is 2. The normalized spacial score (nSPS) is 11.5. The number of nitrogens with zero attached hydrogens (tertiary/aromatic N) is 3. The second kappa shape index (κ2) is 7.31. The molecule has 0 saturated heterocycles. The summed E-state index contributed by atoms with van der Waals surface area (Å²) in [6, 6.07) is 2.67. The molecule has 140 valence electrons. The van der Waals surface area contributed by atoms with Gasteiger partial charge in [-0.25, -0.2) is 17.2 Å². The molecule has 7 nitrogen and oxygen atoms in total. The molecule has 2 heterocycles. The Morgan fingerprint density at radius 1 is 1.07 bits per heavy atom. The molecular weight excluding hydrogens is 378 g/mol. The van der Waals surface area contributed by atoms with Gasteiger partial charge in [-0.1, -0.05) is 6.92 Å². The summed E-state index contributed by atoms with van der Waals surface area (Å²) in [7, 11) is -3.86. The van der Waals surface area contributed by atoms with Crippen LogP contribution < -0.4 is 4.72 Å². The van der Waals surface area contributed by atoms with Gasteiger partial charge in [0.1, 0.15) is 17.0 Å². The predicted octanol–water partition coefficient (Wildman–Crippen LogP) is 2.69. The minimum Gasteiger partial charge on any atom is -0.287 e. The van der Waals surface area contributed by atoms with Crippen molar-refractivity contribution in [2.24, 2.45) is 0 Å². The molecule has 27 heavy (non-hydrogen) atoms. The smallest absolute Gasteiger partial charge is 0.232 e. The maximum atomic E-state index is 14.7. The van der Waals surface area contributed by atoms with Gasteiger partial charge in [0.2, 0.25) is 15.8 Å². The Kier molecular flexibility index (Phi) is 5.08. The highest BCUT2D eigenvalue weighted by molar-refractivity contribution is 7.92. The summed E-state index contributed by atoms with van der Waals surface area (Å²) in [6.07, 6.45) is 4.45. The van der Waals surface area contributed by atoms with Crippen LogP contribution in [0.5, 0.6) is 0 Å². The van der Waals surface area contributed by atoms with Crippen LogP contribution in [0.15, 0.2) is 36.8 Å². The molecule has 2 aromatic heterocycles. The van der Waals surface area contributed by atoms with Gasteiger partial charge in [-0.3, -0.25) is 24.5 Å². The SMILES string of the molecule is CCCS(=O)(=O)Nc1cc(F)cc(C(=O)c2cc3nccnc3cn2)c1F.